The first-order valence-corrected chi connectivity index (χ1v) is 6.65. The van der Waals surface area contributed by atoms with E-state index >= 15 is 0 Å². The lowest BCUT2D eigenvalue weighted by atomic mass is 10.2. The van der Waals surface area contributed by atoms with Gasteiger partial charge in [-0.15, -0.1) is 0 Å². The first-order valence-electron chi connectivity index (χ1n) is 6.65. The highest BCUT2D eigenvalue weighted by Crippen LogP contribution is 2.26. The zero-order chi connectivity index (χ0) is 16.8. The SMILES string of the molecule is CC(=CC(=O)Oc1ccccc1O)C(=O)Oc1ccccc1O. The van der Waals surface area contributed by atoms with E-state index in [4.69, 9.17) is 9.47 Å². The van der Waals surface area contributed by atoms with Gasteiger partial charge in [-0.1, -0.05) is 24.3 Å². The molecule has 0 atom stereocenters. The number of ether oxygens (including phenoxy) is 2. The number of para-hydroxylation sites is 4. The lowest BCUT2D eigenvalue weighted by molar-refractivity contribution is -0.132. The van der Waals surface area contributed by atoms with E-state index in [9.17, 15) is 19.8 Å². The number of phenols is 2. The summed E-state index contributed by atoms with van der Waals surface area (Å²) in [5.41, 5.74) is -0.0197. The fourth-order valence-corrected chi connectivity index (χ4v) is 1.64. The van der Waals surface area contributed by atoms with E-state index in [0.717, 1.165) is 6.08 Å². The second kappa shape index (κ2) is 7.13. The molecule has 2 rings (SSSR count). The van der Waals surface area contributed by atoms with Crippen molar-refractivity contribution < 1.29 is 29.3 Å². The van der Waals surface area contributed by atoms with Crippen molar-refractivity contribution in [2.45, 2.75) is 6.92 Å². The number of aromatic hydroxyl groups is 2. The molecule has 0 saturated heterocycles. The van der Waals surface area contributed by atoms with Crippen molar-refractivity contribution in [3.63, 3.8) is 0 Å². The van der Waals surface area contributed by atoms with Gasteiger partial charge in [-0.05, 0) is 31.2 Å². The zero-order valence-corrected chi connectivity index (χ0v) is 12.2. The molecule has 0 aliphatic rings. The third-order valence-electron chi connectivity index (χ3n) is 2.80. The molecule has 23 heavy (non-hydrogen) atoms. The molecule has 0 spiro atoms. The maximum absolute atomic E-state index is 11.9. The first-order chi connectivity index (χ1) is 11.0. The third-order valence-corrected chi connectivity index (χ3v) is 2.80. The van der Waals surface area contributed by atoms with Gasteiger partial charge in [0.15, 0.2) is 23.0 Å². The second-order valence-corrected chi connectivity index (χ2v) is 4.57. The van der Waals surface area contributed by atoms with Gasteiger partial charge in [0.2, 0.25) is 0 Å². The van der Waals surface area contributed by atoms with Crippen LogP contribution in [-0.4, -0.2) is 22.2 Å². The summed E-state index contributed by atoms with van der Waals surface area (Å²) in [6.45, 7) is 1.37. The Labute approximate surface area is 132 Å². The third kappa shape index (κ3) is 4.34. The number of hydrogen-bond donors (Lipinski definition) is 2. The maximum atomic E-state index is 11.9. The Balaban J connectivity index is 2.04. The van der Waals surface area contributed by atoms with Crippen LogP contribution in [0.1, 0.15) is 6.92 Å². The molecule has 118 valence electrons. The molecule has 0 saturated carbocycles. The fourth-order valence-electron chi connectivity index (χ4n) is 1.64. The molecular formula is C17H14O6. The highest BCUT2D eigenvalue weighted by Gasteiger charge is 2.13. The Kier molecular flexibility index (Phi) is 4.99. The van der Waals surface area contributed by atoms with Crippen molar-refractivity contribution in [2.24, 2.45) is 0 Å². The smallest absolute Gasteiger partial charge is 0.339 e. The van der Waals surface area contributed by atoms with Crippen molar-refractivity contribution in [3.05, 3.63) is 60.2 Å². The van der Waals surface area contributed by atoms with Crippen LogP contribution in [0.4, 0.5) is 0 Å². The quantitative estimate of drug-likeness (QED) is 0.512. The molecule has 2 aromatic carbocycles. The maximum Gasteiger partial charge on any atom is 0.339 e. The van der Waals surface area contributed by atoms with Gasteiger partial charge in [-0.3, -0.25) is 0 Å². The predicted octanol–water partition coefficient (Wildman–Crippen LogP) is 2.56. The van der Waals surface area contributed by atoms with Crippen molar-refractivity contribution in [3.8, 4) is 23.0 Å². The van der Waals surface area contributed by atoms with Gasteiger partial charge in [0, 0.05) is 11.6 Å². The van der Waals surface area contributed by atoms with Gasteiger partial charge >= 0.3 is 11.9 Å². The molecule has 0 amide bonds. The van der Waals surface area contributed by atoms with Gasteiger partial charge in [-0.2, -0.15) is 0 Å². The molecule has 6 nitrogen and oxygen atoms in total. The molecular weight excluding hydrogens is 300 g/mol. The Bertz CT molecular complexity index is 763. The Hall–Kier alpha value is -3.28. The number of benzene rings is 2. The first kappa shape index (κ1) is 16.1. The van der Waals surface area contributed by atoms with E-state index in [0.29, 0.717) is 0 Å². The zero-order valence-electron chi connectivity index (χ0n) is 12.2. The summed E-state index contributed by atoms with van der Waals surface area (Å²) in [4.78, 5) is 23.6. The Morgan fingerprint density at radius 1 is 0.870 bits per heavy atom. The normalized spacial score (nSPS) is 10.9. The van der Waals surface area contributed by atoms with Gasteiger partial charge in [-0.25, -0.2) is 9.59 Å². The van der Waals surface area contributed by atoms with Gasteiger partial charge in [0.1, 0.15) is 0 Å². The van der Waals surface area contributed by atoms with Crippen molar-refractivity contribution in [1.29, 1.82) is 0 Å². The van der Waals surface area contributed by atoms with Crippen LogP contribution >= 0.6 is 0 Å². The molecule has 6 heteroatoms. The van der Waals surface area contributed by atoms with Crippen LogP contribution in [0, 0.1) is 0 Å². The highest BCUT2D eigenvalue weighted by molar-refractivity contribution is 5.97. The fraction of sp³-hybridized carbons (Fsp3) is 0.0588. The van der Waals surface area contributed by atoms with Crippen LogP contribution < -0.4 is 9.47 Å². The molecule has 2 aromatic rings. The molecule has 0 bridgehead atoms. The predicted molar refractivity (Wildman–Crippen MR) is 81.2 cm³/mol. The van der Waals surface area contributed by atoms with Crippen molar-refractivity contribution >= 4 is 11.9 Å². The molecule has 2 N–H and O–H groups in total. The van der Waals surface area contributed by atoms with E-state index in [2.05, 4.69) is 0 Å². The van der Waals surface area contributed by atoms with E-state index in [1.165, 1.54) is 31.2 Å². The molecule has 0 aromatic heterocycles. The van der Waals surface area contributed by atoms with Gasteiger partial charge in [0.25, 0.3) is 0 Å². The topological polar surface area (TPSA) is 93.1 Å². The van der Waals surface area contributed by atoms with Crippen LogP contribution in [0.3, 0.4) is 0 Å². The number of hydrogen-bond acceptors (Lipinski definition) is 6. The summed E-state index contributed by atoms with van der Waals surface area (Å²) < 4.78 is 9.88. The largest absolute Gasteiger partial charge is 0.504 e. The molecule has 0 unspecified atom stereocenters. The van der Waals surface area contributed by atoms with Crippen LogP contribution in [0.5, 0.6) is 23.0 Å². The van der Waals surface area contributed by atoms with E-state index in [1.54, 1.807) is 24.3 Å². The van der Waals surface area contributed by atoms with Crippen LogP contribution in [0.15, 0.2) is 60.2 Å². The second-order valence-electron chi connectivity index (χ2n) is 4.57. The molecule has 0 aliphatic heterocycles. The summed E-state index contributed by atoms with van der Waals surface area (Å²) in [6.07, 6.45) is 0.939. The number of carbonyl (C=O) groups excluding carboxylic acids is 2. The average Bonchev–Trinajstić information content (AvgIpc) is 2.51. The lowest BCUT2D eigenvalue weighted by Gasteiger charge is -2.06. The molecule has 0 aliphatic carbocycles. The number of esters is 2. The monoisotopic (exact) mass is 314 g/mol. The van der Waals surface area contributed by atoms with Gasteiger partial charge in [0.05, 0.1) is 0 Å². The Morgan fingerprint density at radius 3 is 1.87 bits per heavy atom. The van der Waals surface area contributed by atoms with Gasteiger partial charge < -0.3 is 19.7 Å². The minimum absolute atomic E-state index is 0.0145. The van der Waals surface area contributed by atoms with E-state index < -0.39 is 11.9 Å². The molecule has 0 fully saturated rings. The summed E-state index contributed by atoms with van der Waals surface area (Å²) in [7, 11) is 0. The van der Waals surface area contributed by atoms with E-state index in [1.807, 2.05) is 0 Å². The van der Waals surface area contributed by atoms with Crippen LogP contribution in [0.2, 0.25) is 0 Å². The summed E-state index contributed by atoms with van der Waals surface area (Å²) in [6, 6.07) is 11.9. The minimum Gasteiger partial charge on any atom is -0.504 e. The number of phenolic OH excluding ortho intramolecular Hbond substituents is 2. The molecule has 0 radical (unpaired) electrons. The summed E-state index contributed by atoms with van der Waals surface area (Å²) >= 11 is 0. The lowest BCUT2D eigenvalue weighted by Crippen LogP contribution is -2.13. The Morgan fingerprint density at radius 2 is 1.35 bits per heavy atom. The summed E-state index contributed by atoms with van der Waals surface area (Å²) in [5, 5.41) is 19.0. The van der Waals surface area contributed by atoms with Crippen LogP contribution in [-0.2, 0) is 9.59 Å². The number of rotatable bonds is 4. The van der Waals surface area contributed by atoms with E-state index in [-0.39, 0.29) is 28.6 Å². The highest BCUT2D eigenvalue weighted by atomic mass is 16.5. The standard InChI is InChI=1S/C17H14O6/c1-11(17(21)23-15-9-5-3-7-13(15)19)10-16(20)22-14-8-4-2-6-12(14)18/h2-10,18-19H,1H3. The number of carbonyl (C=O) groups is 2. The van der Waals surface area contributed by atoms with Crippen LogP contribution in [0.25, 0.3) is 0 Å². The van der Waals surface area contributed by atoms with Crippen molar-refractivity contribution in [2.75, 3.05) is 0 Å². The minimum atomic E-state index is -0.835. The van der Waals surface area contributed by atoms with Crippen molar-refractivity contribution in [1.82, 2.24) is 0 Å². The summed E-state index contributed by atoms with van der Waals surface area (Å²) in [5.74, 6) is -2.05. The average molecular weight is 314 g/mol. The molecule has 0 heterocycles.